The number of carbonyl (C=O) groups is 2. The lowest BCUT2D eigenvalue weighted by Crippen LogP contribution is -2.54. The number of aromatic hydroxyl groups is 1. The van der Waals surface area contributed by atoms with Gasteiger partial charge >= 0.3 is 5.97 Å². The topological polar surface area (TPSA) is 103 Å². The predicted octanol–water partition coefficient (Wildman–Crippen LogP) is 0.455. The summed E-state index contributed by atoms with van der Waals surface area (Å²) in [6.45, 7) is 2.60. The molecule has 0 radical (unpaired) electrons. The monoisotopic (exact) mass is 293 g/mol. The van der Waals surface area contributed by atoms with Crippen LogP contribution in [0.4, 0.5) is 0 Å². The normalized spacial score (nSPS) is 20.9. The summed E-state index contributed by atoms with van der Waals surface area (Å²) in [5.74, 6) is -1.40. The summed E-state index contributed by atoms with van der Waals surface area (Å²) in [5, 5.41) is 21.2. The van der Waals surface area contributed by atoms with E-state index in [0.717, 1.165) is 0 Å². The number of rotatable bonds is 6. The van der Waals surface area contributed by atoms with Crippen LogP contribution in [0.15, 0.2) is 18.3 Å². The second-order valence-electron chi connectivity index (χ2n) is 5.12. The SMILES string of the molecule is CCN(CC(=O)O)C1CC(NC(=O)c2ncccc2O)C1. The largest absolute Gasteiger partial charge is 0.505 e. The third-order valence-corrected chi connectivity index (χ3v) is 3.71. The number of amides is 1. The van der Waals surface area contributed by atoms with Crippen molar-refractivity contribution in [3.05, 3.63) is 24.0 Å². The zero-order valence-electron chi connectivity index (χ0n) is 11.8. The lowest BCUT2D eigenvalue weighted by Gasteiger charge is -2.42. The van der Waals surface area contributed by atoms with E-state index in [1.165, 1.54) is 12.3 Å². The summed E-state index contributed by atoms with van der Waals surface area (Å²) in [5.41, 5.74) is 0.0128. The number of pyridine rings is 1. The number of nitrogens with one attached hydrogen (secondary N) is 1. The Morgan fingerprint density at radius 1 is 1.48 bits per heavy atom. The smallest absolute Gasteiger partial charge is 0.317 e. The minimum absolute atomic E-state index is 0.00764. The number of carboxylic acid groups (broad SMARTS) is 1. The first-order valence-electron chi connectivity index (χ1n) is 6.92. The van der Waals surface area contributed by atoms with Crippen LogP contribution in [0.5, 0.6) is 5.75 Å². The molecule has 0 aromatic carbocycles. The van der Waals surface area contributed by atoms with Gasteiger partial charge in [0.2, 0.25) is 0 Å². The Morgan fingerprint density at radius 3 is 2.76 bits per heavy atom. The molecular formula is C14H19N3O4. The molecule has 1 amide bonds. The van der Waals surface area contributed by atoms with Crippen molar-refractivity contribution in [3.8, 4) is 5.75 Å². The standard InChI is InChI=1S/C14H19N3O4/c1-2-17(8-12(19)20)10-6-9(7-10)16-14(21)13-11(18)4-3-5-15-13/h3-5,9-10,18H,2,6-8H2,1H3,(H,16,21)(H,19,20). The Kier molecular flexibility index (Phi) is 4.74. The van der Waals surface area contributed by atoms with Crippen molar-refractivity contribution in [2.45, 2.75) is 31.8 Å². The Bertz CT molecular complexity index is 529. The molecular weight excluding hydrogens is 274 g/mol. The molecule has 1 fully saturated rings. The fourth-order valence-corrected chi connectivity index (χ4v) is 2.50. The first kappa shape index (κ1) is 15.2. The first-order chi connectivity index (χ1) is 10.0. The van der Waals surface area contributed by atoms with E-state index in [4.69, 9.17) is 5.11 Å². The van der Waals surface area contributed by atoms with E-state index in [9.17, 15) is 14.7 Å². The Labute approximate surface area is 122 Å². The van der Waals surface area contributed by atoms with E-state index in [0.29, 0.717) is 19.4 Å². The summed E-state index contributed by atoms with van der Waals surface area (Å²) in [4.78, 5) is 28.4. The Balaban J connectivity index is 1.84. The highest BCUT2D eigenvalue weighted by atomic mass is 16.4. The van der Waals surface area contributed by atoms with Gasteiger partial charge in [-0.15, -0.1) is 0 Å². The molecule has 1 aromatic rings. The highest BCUT2D eigenvalue weighted by molar-refractivity contribution is 5.94. The van der Waals surface area contributed by atoms with Gasteiger partial charge < -0.3 is 15.5 Å². The number of nitrogens with zero attached hydrogens (tertiary/aromatic N) is 2. The van der Waals surface area contributed by atoms with Crippen LogP contribution in [0, 0.1) is 0 Å². The second-order valence-corrected chi connectivity index (χ2v) is 5.12. The molecule has 7 heteroatoms. The van der Waals surface area contributed by atoms with E-state index in [1.807, 2.05) is 11.8 Å². The molecule has 21 heavy (non-hydrogen) atoms. The maximum Gasteiger partial charge on any atom is 0.317 e. The molecule has 0 aliphatic heterocycles. The first-order valence-corrected chi connectivity index (χ1v) is 6.92. The van der Waals surface area contributed by atoms with Gasteiger partial charge in [-0.25, -0.2) is 4.98 Å². The molecule has 0 saturated heterocycles. The third-order valence-electron chi connectivity index (χ3n) is 3.71. The molecule has 1 saturated carbocycles. The van der Waals surface area contributed by atoms with Crippen LogP contribution in [0.25, 0.3) is 0 Å². The minimum atomic E-state index is -0.845. The molecule has 2 rings (SSSR count). The number of carbonyl (C=O) groups excluding carboxylic acids is 1. The summed E-state index contributed by atoms with van der Waals surface area (Å²) >= 11 is 0. The molecule has 0 bridgehead atoms. The number of aliphatic carboxylic acids is 1. The van der Waals surface area contributed by atoms with Crippen molar-refractivity contribution in [2.75, 3.05) is 13.1 Å². The van der Waals surface area contributed by atoms with Crippen molar-refractivity contribution >= 4 is 11.9 Å². The second kappa shape index (κ2) is 6.53. The van der Waals surface area contributed by atoms with Crippen LogP contribution in [-0.2, 0) is 4.79 Å². The summed E-state index contributed by atoms with van der Waals surface area (Å²) in [6, 6.07) is 3.13. The zero-order valence-corrected chi connectivity index (χ0v) is 11.8. The fraction of sp³-hybridized carbons (Fsp3) is 0.500. The van der Waals surface area contributed by atoms with Crippen LogP contribution >= 0.6 is 0 Å². The number of carboxylic acids is 1. The van der Waals surface area contributed by atoms with Gasteiger partial charge in [-0.2, -0.15) is 0 Å². The van der Waals surface area contributed by atoms with Crippen LogP contribution in [0.3, 0.4) is 0 Å². The Hall–Kier alpha value is -2.15. The van der Waals surface area contributed by atoms with Crippen LogP contribution in [0.2, 0.25) is 0 Å². The number of aromatic nitrogens is 1. The summed E-state index contributed by atoms with van der Waals surface area (Å²) < 4.78 is 0. The van der Waals surface area contributed by atoms with Crippen molar-refractivity contribution in [1.29, 1.82) is 0 Å². The lowest BCUT2D eigenvalue weighted by atomic mass is 9.85. The molecule has 1 aromatic heterocycles. The van der Waals surface area contributed by atoms with E-state index < -0.39 is 11.9 Å². The van der Waals surface area contributed by atoms with E-state index in [2.05, 4.69) is 10.3 Å². The molecule has 1 heterocycles. The molecule has 7 nitrogen and oxygen atoms in total. The maximum absolute atomic E-state index is 12.0. The third kappa shape index (κ3) is 3.69. The van der Waals surface area contributed by atoms with Crippen molar-refractivity contribution in [1.82, 2.24) is 15.2 Å². The van der Waals surface area contributed by atoms with Crippen LogP contribution < -0.4 is 5.32 Å². The quantitative estimate of drug-likeness (QED) is 0.704. The molecule has 1 aliphatic carbocycles. The highest BCUT2D eigenvalue weighted by Gasteiger charge is 2.35. The van der Waals surface area contributed by atoms with Gasteiger partial charge in [0.15, 0.2) is 5.69 Å². The summed E-state index contributed by atoms with van der Waals surface area (Å²) in [6.07, 6.45) is 2.87. The van der Waals surface area contributed by atoms with Crippen LogP contribution in [0.1, 0.15) is 30.3 Å². The number of likely N-dealkylation sites (N-methyl/N-ethyl adjacent to an activating group) is 1. The molecule has 0 unspecified atom stereocenters. The lowest BCUT2D eigenvalue weighted by molar-refractivity contribution is -0.139. The minimum Gasteiger partial charge on any atom is -0.505 e. The predicted molar refractivity (Wildman–Crippen MR) is 75.1 cm³/mol. The van der Waals surface area contributed by atoms with E-state index >= 15 is 0 Å². The van der Waals surface area contributed by atoms with Gasteiger partial charge in [0, 0.05) is 18.3 Å². The average Bonchev–Trinajstić information content (AvgIpc) is 2.40. The average molecular weight is 293 g/mol. The van der Waals surface area contributed by atoms with E-state index in [-0.39, 0.29) is 30.1 Å². The molecule has 3 N–H and O–H groups in total. The maximum atomic E-state index is 12.0. The van der Waals surface area contributed by atoms with Gasteiger partial charge in [-0.3, -0.25) is 14.5 Å². The van der Waals surface area contributed by atoms with Gasteiger partial charge in [0.05, 0.1) is 6.54 Å². The summed E-state index contributed by atoms with van der Waals surface area (Å²) in [7, 11) is 0. The molecule has 0 atom stereocenters. The van der Waals surface area contributed by atoms with Gasteiger partial charge in [-0.1, -0.05) is 6.92 Å². The molecule has 114 valence electrons. The van der Waals surface area contributed by atoms with Crippen molar-refractivity contribution in [2.24, 2.45) is 0 Å². The van der Waals surface area contributed by atoms with Gasteiger partial charge in [-0.05, 0) is 31.5 Å². The number of hydrogen-bond acceptors (Lipinski definition) is 5. The fourth-order valence-electron chi connectivity index (χ4n) is 2.50. The zero-order chi connectivity index (χ0) is 15.4. The van der Waals surface area contributed by atoms with Crippen molar-refractivity contribution in [3.63, 3.8) is 0 Å². The Morgan fingerprint density at radius 2 is 2.19 bits per heavy atom. The van der Waals surface area contributed by atoms with Gasteiger partial charge in [0.1, 0.15) is 5.75 Å². The van der Waals surface area contributed by atoms with Gasteiger partial charge in [0.25, 0.3) is 5.91 Å². The number of hydrogen-bond donors (Lipinski definition) is 3. The van der Waals surface area contributed by atoms with Crippen LogP contribution in [-0.4, -0.2) is 57.1 Å². The van der Waals surface area contributed by atoms with E-state index in [1.54, 1.807) is 6.07 Å². The van der Waals surface area contributed by atoms with Crippen molar-refractivity contribution < 1.29 is 19.8 Å². The molecule has 1 aliphatic rings. The highest BCUT2D eigenvalue weighted by Crippen LogP contribution is 2.26. The molecule has 0 spiro atoms.